The van der Waals surface area contributed by atoms with E-state index >= 15 is 0 Å². The van der Waals surface area contributed by atoms with Crippen molar-refractivity contribution in [2.75, 3.05) is 0 Å². The van der Waals surface area contributed by atoms with Crippen molar-refractivity contribution in [1.82, 2.24) is 5.32 Å². The second-order valence-corrected chi connectivity index (χ2v) is 2.59. The van der Waals surface area contributed by atoms with E-state index in [0.717, 1.165) is 18.6 Å². The SMILES string of the molecule is [B]c1cccc2c1CNC2. The summed E-state index contributed by atoms with van der Waals surface area (Å²) in [5.41, 5.74) is 3.55. The summed E-state index contributed by atoms with van der Waals surface area (Å²) in [5, 5.41) is 3.25. The van der Waals surface area contributed by atoms with E-state index in [0.29, 0.717) is 0 Å². The minimum absolute atomic E-state index is 0.919. The molecule has 48 valence electrons. The van der Waals surface area contributed by atoms with Crippen LogP contribution in [-0.2, 0) is 13.1 Å². The van der Waals surface area contributed by atoms with E-state index in [1.165, 1.54) is 11.1 Å². The Kier molecular flexibility index (Phi) is 1.28. The van der Waals surface area contributed by atoms with Gasteiger partial charge in [-0.25, -0.2) is 0 Å². The summed E-state index contributed by atoms with van der Waals surface area (Å²) in [7, 11) is 5.73. The second-order valence-electron chi connectivity index (χ2n) is 2.59. The Balaban J connectivity index is 2.59. The standard InChI is InChI=1S/C8H8BN/c9-8-3-1-2-6-4-10-5-7(6)8/h1-3,10H,4-5H2. The third-order valence-electron chi connectivity index (χ3n) is 1.93. The van der Waals surface area contributed by atoms with Crippen molar-refractivity contribution in [1.29, 1.82) is 0 Å². The fourth-order valence-electron chi connectivity index (χ4n) is 1.36. The van der Waals surface area contributed by atoms with Crippen LogP contribution in [-0.4, -0.2) is 7.85 Å². The Morgan fingerprint density at radius 1 is 1.30 bits per heavy atom. The van der Waals surface area contributed by atoms with Crippen LogP contribution in [0.5, 0.6) is 0 Å². The molecule has 0 aliphatic carbocycles. The lowest BCUT2D eigenvalue weighted by Gasteiger charge is -2.00. The fraction of sp³-hybridized carbons (Fsp3) is 0.250. The van der Waals surface area contributed by atoms with Crippen LogP contribution in [0.3, 0.4) is 0 Å². The molecule has 2 radical (unpaired) electrons. The summed E-state index contributed by atoms with van der Waals surface area (Å²) >= 11 is 0. The third kappa shape index (κ3) is 0.763. The van der Waals surface area contributed by atoms with Gasteiger partial charge in [-0.3, -0.25) is 0 Å². The number of benzene rings is 1. The average Bonchev–Trinajstić information content (AvgIpc) is 2.36. The summed E-state index contributed by atoms with van der Waals surface area (Å²) in [6, 6.07) is 6.07. The van der Waals surface area contributed by atoms with Crippen LogP contribution in [0.1, 0.15) is 11.1 Å². The number of fused-ring (bicyclic) bond motifs is 1. The van der Waals surface area contributed by atoms with Crippen LogP contribution in [0.2, 0.25) is 0 Å². The van der Waals surface area contributed by atoms with Crippen molar-refractivity contribution < 1.29 is 0 Å². The molecule has 0 aromatic heterocycles. The van der Waals surface area contributed by atoms with Gasteiger partial charge in [-0.2, -0.15) is 0 Å². The number of rotatable bonds is 0. The van der Waals surface area contributed by atoms with Gasteiger partial charge in [-0.15, -0.1) is 0 Å². The molecule has 2 heteroatoms. The predicted octanol–water partition coefficient (Wildman–Crippen LogP) is 0.0836. The van der Waals surface area contributed by atoms with Gasteiger partial charge in [-0.05, 0) is 11.1 Å². The predicted molar refractivity (Wildman–Crippen MR) is 42.4 cm³/mol. The Hall–Kier alpha value is -0.755. The summed E-state index contributed by atoms with van der Waals surface area (Å²) < 4.78 is 0. The number of hydrogen-bond donors (Lipinski definition) is 1. The van der Waals surface area contributed by atoms with Crippen LogP contribution in [0.25, 0.3) is 0 Å². The maximum absolute atomic E-state index is 5.73. The first-order valence-electron chi connectivity index (χ1n) is 3.45. The molecular formula is C8H8BN. The van der Waals surface area contributed by atoms with Crippen LogP contribution in [0.4, 0.5) is 0 Å². The Morgan fingerprint density at radius 3 is 3.00 bits per heavy atom. The van der Waals surface area contributed by atoms with Gasteiger partial charge in [0, 0.05) is 13.1 Å². The van der Waals surface area contributed by atoms with E-state index < -0.39 is 0 Å². The topological polar surface area (TPSA) is 12.0 Å². The lowest BCUT2D eigenvalue weighted by atomic mass is 9.89. The lowest BCUT2D eigenvalue weighted by molar-refractivity contribution is 0.766. The van der Waals surface area contributed by atoms with Crippen LogP contribution in [0.15, 0.2) is 18.2 Å². The van der Waals surface area contributed by atoms with Gasteiger partial charge >= 0.3 is 0 Å². The summed E-state index contributed by atoms with van der Waals surface area (Å²) in [4.78, 5) is 0. The van der Waals surface area contributed by atoms with E-state index in [-0.39, 0.29) is 0 Å². The summed E-state index contributed by atoms with van der Waals surface area (Å²) in [6.45, 7) is 1.91. The summed E-state index contributed by atoms with van der Waals surface area (Å²) in [6.07, 6.45) is 0. The van der Waals surface area contributed by atoms with Gasteiger partial charge in [-0.1, -0.05) is 23.7 Å². The van der Waals surface area contributed by atoms with Crippen LogP contribution >= 0.6 is 0 Å². The van der Waals surface area contributed by atoms with Crippen molar-refractivity contribution >= 4 is 13.3 Å². The highest BCUT2D eigenvalue weighted by atomic mass is 14.9. The highest BCUT2D eigenvalue weighted by Gasteiger charge is 2.09. The summed E-state index contributed by atoms with van der Waals surface area (Å²) in [5.74, 6) is 0. The quantitative estimate of drug-likeness (QED) is 0.489. The number of hydrogen-bond acceptors (Lipinski definition) is 1. The molecule has 0 bridgehead atoms. The lowest BCUT2D eigenvalue weighted by Crippen LogP contribution is -2.10. The van der Waals surface area contributed by atoms with Crippen molar-refractivity contribution in [3.8, 4) is 0 Å². The van der Waals surface area contributed by atoms with E-state index in [2.05, 4.69) is 11.4 Å². The smallest absolute Gasteiger partial charge is 0.114 e. The molecule has 0 fully saturated rings. The van der Waals surface area contributed by atoms with E-state index in [9.17, 15) is 0 Å². The first kappa shape index (κ1) is 5.99. The highest BCUT2D eigenvalue weighted by molar-refractivity contribution is 6.33. The molecule has 1 nitrogen and oxygen atoms in total. The minimum Gasteiger partial charge on any atom is -0.309 e. The van der Waals surface area contributed by atoms with Crippen LogP contribution < -0.4 is 10.8 Å². The Labute approximate surface area is 61.9 Å². The Bertz CT molecular complexity index is 257. The zero-order chi connectivity index (χ0) is 6.97. The molecule has 1 N–H and O–H groups in total. The second kappa shape index (κ2) is 2.13. The van der Waals surface area contributed by atoms with E-state index in [4.69, 9.17) is 7.85 Å². The monoisotopic (exact) mass is 129 g/mol. The molecule has 10 heavy (non-hydrogen) atoms. The first-order chi connectivity index (χ1) is 4.88. The van der Waals surface area contributed by atoms with E-state index in [1.807, 2.05) is 12.1 Å². The van der Waals surface area contributed by atoms with Gasteiger partial charge in [0.2, 0.25) is 0 Å². The van der Waals surface area contributed by atoms with Gasteiger partial charge < -0.3 is 5.32 Å². The molecule has 1 aliphatic heterocycles. The van der Waals surface area contributed by atoms with E-state index in [1.54, 1.807) is 0 Å². The molecule has 2 rings (SSSR count). The molecule has 1 heterocycles. The zero-order valence-electron chi connectivity index (χ0n) is 5.72. The van der Waals surface area contributed by atoms with Crippen molar-refractivity contribution in [2.45, 2.75) is 13.1 Å². The maximum atomic E-state index is 5.73. The molecule has 0 saturated heterocycles. The molecule has 0 spiro atoms. The molecule has 0 unspecified atom stereocenters. The molecule has 1 aromatic carbocycles. The molecule has 1 aliphatic rings. The van der Waals surface area contributed by atoms with Crippen LogP contribution in [0, 0.1) is 0 Å². The Morgan fingerprint density at radius 2 is 2.20 bits per heavy atom. The van der Waals surface area contributed by atoms with Crippen molar-refractivity contribution in [2.24, 2.45) is 0 Å². The first-order valence-corrected chi connectivity index (χ1v) is 3.45. The molecule has 0 atom stereocenters. The minimum atomic E-state index is 0.919. The van der Waals surface area contributed by atoms with Gasteiger partial charge in [0.05, 0.1) is 0 Å². The van der Waals surface area contributed by atoms with Gasteiger partial charge in [0.15, 0.2) is 0 Å². The fourth-order valence-corrected chi connectivity index (χ4v) is 1.36. The maximum Gasteiger partial charge on any atom is 0.114 e. The van der Waals surface area contributed by atoms with Gasteiger partial charge in [0.25, 0.3) is 0 Å². The average molecular weight is 129 g/mol. The largest absolute Gasteiger partial charge is 0.309 e. The molecule has 1 aromatic rings. The normalized spacial score (nSPS) is 15.2. The van der Waals surface area contributed by atoms with Crippen molar-refractivity contribution in [3.05, 3.63) is 29.3 Å². The third-order valence-corrected chi connectivity index (χ3v) is 1.93. The van der Waals surface area contributed by atoms with Gasteiger partial charge in [0.1, 0.15) is 7.85 Å². The molecule has 0 saturated carbocycles. The molecule has 0 amide bonds. The highest BCUT2D eigenvalue weighted by Crippen LogP contribution is 2.10. The molecular weight excluding hydrogens is 121 g/mol. The van der Waals surface area contributed by atoms with Crippen molar-refractivity contribution in [3.63, 3.8) is 0 Å². The zero-order valence-corrected chi connectivity index (χ0v) is 5.72. The number of nitrogens with one attached hydrogen (secondary N) is 1.